The average molecular weight is 395 g/mol. The Morgan fingerprint density at radius 1 is 0.962 bits per heavy atom. The zero-order chi connectivity index (χ0) is 19.2. The van der Waals surface area contributed by atoms with Crippen LogP contribution < -0.4 is 4.90 Å². The molecule has 2 aromatic heterocycles. The highest BCUT2D eigenvalue weighted by atomic mass is 32.1. The van der Waals surface area contributed by atoms with E-state index >= 15 is 0 Å². The average Bonchev–Trinajstić information content (AvgIpc) is 3.19. The highest BCUT2D eigenvalue weighted by Crippen LogP contribution is 2.40. The lowest BCUT2D eigenvalue weighted by Gasteiger charge is -2.21. The summed E-state index contributed by atoms with van der Waals surface area (Å²) in [4.78, 5) is 7.37. The lowest BCUT2D eigenvalue weighted by molar-refractivity contribution is 0.571. The number of aromatic nitrogens is 3. The molecule has 0 atom stereocenters. The van der Waals surface area contributed by atoms with Crippen LogP contribution in [0.25, 0.3) is 0 Å². The summed E-state index contributed by atoms with van der Waals surface area (Å²) in [7, 11) is 0. The quantitative estimate of drug-likeness (QED) is 0.460. The standard InChI is InChI=1S/C18H30N6S2/c1-7-9-11-24(12-10-8-2)17-19-14(18(4,5)6)15(26-17)21-23-16-22-20-13(3)25-16/h7-12H2,1-6H3/b23-21+. The van der Waals surface area contributed by atoms with E-state index in [0.717, 1.165) is 33.9 Å². The Balaban J connectivity index is 2.32. The fraction of sp³-hybridized carbons (Fsp3) is 0.722. The number of aryl methyl sites for hydroxylation is 1. The number of hydrogen-bond acceptors (Lipinski definition) is 8. The normalized spacial score (nSPS) is 12.2. The summed E-state index contributed by atoms with van der Waals surface area (Å²) in [6.45, 7) is 15.0. The van der Waals surface area contributed by atoms with Gasteiger partial charge in [0.25, 0.3) is 5.13 Å². The summed E-state index contributed by atoms with van der Waals surface area (Å²) in [5.74, 6) is 0. The smallest absolute Gasteiger partial charge is 0.251 e. The summed E-state index contributed by atoms with van der Waals surface area (Å²) in [6.07, 6.45) is 4.72. The van der Waals surface area contributed by atoms with Crippen molar-refractivity contribution in [3.63, 3.8) is 0 Å². The minimum absolute atomic E-state index is 0.0820. The third-order valence-electron chi connectivity index (χ3n) is 3.88. The van der Waals surface area contributed by atoms with E-state index in [9.17, 15) is 0 Å². The van der Waals surface area contributed by atoms with Crippen LogP contribution in [0.5, 0.6) is 0 Å². The minimum atomic E-state index is -0.0820. The predicted octanol–water partition coefficient (Wildman–Crippen LogP) is 6.42. The van der Waals surface area contributed by atoms with Gasteiger partial charge in [-0.25, -0.2) is 4.98 Å². The molecule has 8 heteroatoms. The van der Waals surface area contributed by atoms with Gasteiger partial charge in [0.2, 0.25) is 0 Å². The number of hydrogen-bond donors (Lipinski definition) is 0. The highest BCUT2D eigenvalue weighted by Gasteiger charge is 2.25. The van der Waals surface area contributed by atoms with Gasteiger partial charge in [0.15, 0.2) is 10.1 Å². The molecule has 0 saturated heterocycles. The van der Waals surface area contributed by atoms with Crippen molar-refractivity contribution in [2.45, 2.75) is 72.6 Å². The van der Waals surface area contributed by atoms with Gasteiger partial charge >= 0.3 is 0 Å². The fourth-order valence-electron chi connectivity index (χ4n) is 2.41. The zero-order valence-corrected chi connectivity index (χ0v) is 18.4. The monoisotopic (exact) mass is 394 g/mol. The van der Waals surface area contributed by atoms with Gasteiger partial charge in [-0.1, -0.05) is 70.1 Å². The van der Waals surface area contributed by atoms with Gasteiger partial charge in [-0.05, 0) is 19.8 Å². The van der Waals surface area contributed by atoms with Gasteiger partial charge in [-0.2, -0.15) is 0 Å². The zero-order valence-electron chi connectivity index (χ0n) is 16.7. The number of unbranched alkanes of at least 4 members (excludes halogenated alkanes) is 2. The number of azo groups is 1. The van der Waals surface area contributed by atoms with Gasteiger partial charge in [-0.15, -0.1) is 20.4 Å². The Bertz CT molecular complexity index is 706. The summed E-state index contributed by atoms with van der Waals surface area (Å²) in [5, 5.41) is 20.2. The first-order valence-corrected chi connectivity index (χ1v) is 11.0. The molecule has 2 heterocycles. The van der Waals surface area contributed by atoms with E-state index < -0.39 is 0 Å². The lowest BCUT2D eigenvalue weighted by atomic mass is 9.93. The molecule has 6 nitrogen and oxygen atoms in total. The molecule has 0 unspecified atom stereocenters. The molecule has 26 heavy (non-hydrogen) atoms. The van der Waals surface area contributed by atoms with Crippen molar-refractivity contribution in [3.8, 4) is 0 Å². The Morgan fingerprint density at radius 2 is 1.62 bits per heavy atom. The molecule has 0 radical (unpaired) electrons. The molecule has 0 aliphatic heterocycles. The molecule has 0 bridgehead atoms. The predicted molar refractivity (Wildman–Crippen MR) is 112 cm³/mol. The summed E-state index contributed by atoms with van der Waals surface area (Å²) < 4.78 is 0. The van der Waals surface area contributed by atoms with Crippen molar-refractivity contribution >= 4 is 37.9 Å². The van der Waals surface area contributed by atoms with Crippen molar-refractivity contribution in [1.29, 1.82) is 0 Å². The van der Waals surface area contributed by atoms with Crippen molar-refractivity contribution < 1.29 is 0 Å². The van der Waals surface area contributed by atoms with Crippen LogP contribution >= 0.6 is 22.7 Å². The maximum Gasteiger partial charge on any atom is 0.251 e. The van der Waals surface area contributed by atoms with Gasteiger partial charge < -0.3 is 4.90 Å². The number of thiazole rings is 1. The number of rotatable bonds is 9. The second-order valence-corrected chi connectivity index (χ2v) is 9.51. The van der Waals surface area contributed by atoms with E-state index in [2.05, 4.69) is 59.9 Å². The van der Waals surface area contributed by atoms with Crippen LogP contribution in [0.4, 0.5) is 15.3 Å². The van der Waals surface area contributed by atoms with E-state index in [-0.39, 0.29) is 5.41 Å². The molecule has 0 aromatic carbocycles. The largest absolute Gasteiger partial charge is 0.348 e. The van der Waals surface area contributed by atoms with Crippen LogP contribution in [0.2, 0.25) is 0 Å². The number of anilines is 1. The summed E-state index contributed by atoms with van der Waals surface area (Å²) in [5.41, 5.74) is 0.918. The minimum Gasteiger partial charge on any atom is -0.348 e. The molecule has 0 aliphatic carbocycles. The van der Waals surface area contributed by atoms with Crippen LogP contribution in [0, 0.1) is 6.92 Å². The van der Waals surface area contributed by atoms with E-state index in [0.29, 0.717) is 5.13 Å². The molecule has 0 amide bonds. The van der Waals surface area contributed by atoms with Crippen LogP contribution in [0.3, 0.4) is 0 Å². The van der Waals surface area contributed by atoms with Crippen LogP contribution in [0.15, 0.2) is 10.2 Å². The molecular weight excluding hydrogens is 364 g/mol. The van der Waals surface area contributed by atoms with E-state index in [1.807, 2.05) is 6.92 Å². The molecule has 2 rings (SSSR count). The summed E-state index contributed by atoms with van der Waals surface area (Å²) >= 11 is 3.08. The molecule has 0 spiro atoms. The first-order valence-electron chi connectivity index (χ1n) is 9.33. The second kappa shape index (κ2) is 9.50. The van der Waals surface area contributed by atoms with E-state index in [1.54, 1.807) is 11.3 Å². The molecule has 0 saturated carbocycles. The Labute approximate surface area is 164 Å². The Kier molecular flexibility index (Phi) is 7.64. The maximum atomic E-state index is 4.96. The van der Waals surface area contributed by atoms with Crippen LogP contribution in [-0.2, 0) is 5.41 Å². The van der Waals surface area contributed by atoms with Crippen LogP contribution in [-0.4, -0.2) is 28.3 Å². The number of nitrogens with zero attached hydrogens (tertiary/aromatic N) is 6. The SMILES string of the molecule is CCCCN(CCCC)c1nc(C(C)(C)C)c(/N=N/c2nnc(C)s2)s1. The Morgan fingerprint density at radius 3 is 2.12 bits per heavy atom. The van der Waals surface area contributed by atoms with Gasteiger partial charge in [0.05, 0.1) is 5.69 Å². The summed E-state index contributed by atoms with van der Waals surface area (Å²) in [6, 6.07) is 0. The third-order valence-corrected chi connectivity index (χ3v) is 5.61. The maximum absolute atomic E-state index is 4.96. The molecular formula is C18H30N6S2. The van der Waals surface area contributed by atoms with E-state index in [1.165, 1.54) is 37.0 Å². The lowest BCUT2D eigenvalue weighted by Crippen LogP contribution is -2.25. The molecule has 0 aliphatic rings. The second-order valence-electron chi connectivity index (χ2n) is 7.40. The highest BCUT2D eigenvalue weighted by molar-refractivity contribution is 7.19. The van der Waals surface area contributed by atoms with Gasteiger partial charge in [-0.3, -0.25) is 0 Å². The fourth-order valence-corrected chi connectivity index (χ4v) is 4.07. The molecule has 0 N–H and O–H groups in total. The topological polar surface area (TPSA) is 66.6 Å². The molecule has 2 aromatic rings. The molecule has 0 fully saturated rings. The van der Waals surface area contributed by atoms with Crippen LogP contribution in [0.1, 0.15) is 71.0 Å². The first kappa shape index (κ1) is 20.9. The van der Waals surface area contributed by atoms with Crippen molar-refractivity contribution in [1.82, 2.24) is 15.2 Å². The Hall–Kier alpha value is -1.41. The van der Waals surface area contributed by atoms with Crippen molar-refractivity contribution in [2.75, 3.05) is 18.0 Å². The molecule has 144 valence electrons. The van der Waals surface area contributed by atoms with Gasteiger partial charge in [0.1, 0.15) is 5.01 Å². The van der Waals surface area contributed by atoms with Crippen molar-refractivity contribution in [2.24, 2.45) is 10.2 Å². The van der Waals surface area contributed by atoms with Gasteiger partial charge in [0, 0.05) is 18.5 Å². The van der Waals surface area contributed by atoms with Crippen molar-refractivity contribution in [3.05, 3.63) is 10.7 Å². The third kappa shape index (κ3) is 5.81. The first-order chi connectivity index (χ1) is 12.3. The van der Waals surface area contributed by atoms with E-state index in [4.69, 9.17) is 4.98 Å².